The molecule has 1 aromatic heterocycles. The molecule has 0 amide bonds. The zero-order chi connectivity index (χ0) is 12.1. The van der Waals surface area contributed by atoms with Crippen molar-refractivity contribution in [2.45, 2.75) is 39.4 Å². The number of hydrogen-bond donors (Lipinski definition) is 1. The molecule has 16 heavy (non-hydrogen) atoms. The van der Waals surface area contributed by atoms with Crippen molar-refractivity contribution >= 4 is 5.97 Å². The minimum absolute atomic E-state index is 0.494. The maximum absolute atomic E-state index is 10.8. The smallest absolute Gasteiger partial charge is 0.320 e. The molecule has 0 radical (unpaired) electrons. The van der Waals surface area contributed by atoms with Gasteiger partial charge in [0.2, 0.25) is 0 Å². The topological polar surface area (TPSA) is 71.2 Å². The van der Waals surface area contributed by atoms with Crippen LogP contribution in [0, 0.1) is 0 Å². The number of rotatable bonds is 6. The van der Waals surface area contributed by atoms with E-state index in [0.717, 1.165) is 18.8 Å². The highest BCUT2D eigenvalue weighted by Crippen LogP contribution is 2.04. The quantitative estimate of drug-likeness (QED) is 0.768. The fourth-order valence-corrected chi connectivity index (χ4v) is 1.36. The van der Waals surface area contributed by atoms with Crippen molar-refractivity contribution in [1.82, 2.24) is 19.7 Å². The highest BCUT2D eigenvalue weighted by molar-refractivity contribution is 5.72. The molecule has 0 aliphatic rings. The molecule has 90 valence electrons. The van der Waals surface area contributed by atoms with Crippen molar-refractivity contribution in [1.29, 1.82) is 0 Å². The molecule has 1 atom stereocenters. The summed E-state index contributed by atoms with van der Waals surface area (Å²) < 4.78 is 1.81. The number of aromatic nitrogens is 3. The van der Waals surface area contributed by atoms with Crippen LogP contribution >= 0.6 is 0 Å². The van der Waals surface area contributed by atoms with E-state index in [2.05, 4.69) is 17.0 Å². The molecule has 0 aromatic carbocycles. The lowest BCUT2D eigenvalue weighted by molar-refractivity contribution is -0.142. The molecule has 1 unspecified atom stereocenters. The summed E-state index contributed by atoms with van der Waals surface area (Å²) in [5.41, 5.74) is 0. The number of carboxylic acids is 1. The predicted molar refractivity (Wildman–Crippen MR) is 58.9 cm³/mol. The van der Waals surface area contributed by atoms with Crippen LogP contribution in [0.3, 0.4) is 0 Å². The number of nitrogens with zero attached hydrogens (tertiary/aromatic N) is 4. The van der Waals surface area contributed by atoms with Gasteiger partial charge in [0.15, 0.2) is 0 Å². The first-order chi connectivity index (χ1) is 7.56. The summed E-state index contributed by atoms with van der Waals surface area (Å²) in [6, 6.07) is -0.522. The first-order valence-corrected chi connectivity index (χ1v) is 5.36. The standard InChI is InChI=1S/C10H18N4O2/c1-4-5-14-9(11-7-12-14)6-13(3)8(2)10(15)16/h7-8H,4-6H2,1-3H3,(H,15,16). The molecule has 1 aromatic rings. The Kier molecular flexibility index (Phi) is 4.42. The van der Waals surface area contributed by atoms with E-state index in [-0.39, 0.29) is 0 Å². The fraction of sp³-hybridized carbons (Fsp3) is 0.700. The molecule has 6 heteroatoms. The van der Waals surface area contributed by atoms with Crippen molar-refractivity contribution in [2.24, 2.45) is 0 Å². The summed E-state index contributed by atoms with van der Waals surface area (Å²) in [6.07, 6.45) is 2.48. The summed E-state index contributed by atoms with van der Waals surface area (Å²) in [7, 11) is 1.77. The lowest BCUT2D eigenvalue weighted by atomic mass is 10.3. The molecule has 0 bridgehead atoms. The molecule has 6 nitrogen and oxygen atoms in total. The Labute approximate surface area is 94.9 Å². The Morgan fingerprint density at radius 2 is 2.38 bits per heavy atom. The largest absolute Gasteiger partial charge is 0.480 e. The average Bonchev–Trinajstić information content (AvgIpc) is 2.65. The Bertz CT molecular complexity index is 350. The number of carboxylic acid groups (broad SMARTS) is 1. The molecule has 1 rings (SSSR count). The van der Waals surface area contributed by atoms with E-state index in [0.29, 0.717) is 6.54 Å². The van der Waals surface area contributed by atoms with Gasteiger partial charge in [-0.05, 0) is 20.4 Å². The fourth-order valence-electron chi connectivity index (χ4n) is 1.36. The normalized spacial score (nSPS) is 13.0. The van der Waals surface area contributed by atoms with Crippen LogP contribution in [-0.4, -0.2) is 43.8 Å². The minimum atomic E-state index is -0.830. The van der Waals surface area contributed by atoms with Crippen LogP contribution in [0.1, 0.15) is 26.1 Å². The summed E-state index contributed by atoms with van der Waals surface area (Å²) in [5.74, 6) is -0.0264. The zero-order valence-corrected chi connectivity index (χ0v) is 9.92. The van der Waals surface area contributed by atoms with Crippen molar-refractivity contribution in [3.63, 3.8) is 0 Å². The SMILES string of the molecule is CCCn1ncnc1CN(C)C(C)C(=O)O. The Morgan fingerprint density at radius 1 is 1.69 bits per heavy atom. The molecule has 0 saturated carbocycles. The molecule has 0 aliphatic carbocycles. The third-order valence-electron chi connectivity index (χ3n) is 2.54. The molecular weight excluding hydrogens is 208 g/mol. The third kappa shape index (κ3) is 3.03. The lowest BCUT2D eigenvalue weighted by Crippen LogP contribution is -2.36. The van der Waals surface area contributed by atoms with Crippen molar-refractivity contribution in [3.8, 4) is 0 Å². The first kappa shape index (κ1) is 12.6. The Morgan fingerprint density at radius 3 is 2.94 bits per heavy atom. The maximum Gasteiger partial charge on any atom is 0.320 e. The van der Waals surface area contributed by atoms with E-state index >= 15 is 0 Å². The number of hydrogen-bond acceptors (Lipinski definition) is 4. The number of likely N-dealkylation sites (N-methyl/N-ethyl adjacent to an activating group) is 1. The second-order valence-corrected chi connectivity index (χ2v) is 3.83. The van der Waals surface area contributed by atoms with E-state index in [1.54, 1.807) is 18.9 Å². The molecule has 0 aliphatic heterocycles. The molecule has 0 fully saturated rings. The summed E-state index contributed by atoms with van der Waals surface area (Å²) in [5, 5.41) is 13.0. The molecule has 0 saturated heterocycles. The van der Waals surface area contributed by atoms with Crippen LogP contribution in [0.2, 0.25) is 0 Å². The number of aliphatic carboxylic acids is 1. The van der Waals surface area contributed by atoms with Crippen molar-refractivity contribution < 1.29 is 9.90 Å². The van der Waals surface area contributed by atoms with Gasteiger partial charge in [-0.2, -0.15) is 5.10 Å². The number of aryl methyl sites for hydroxylation is 1. The second kappa shape index (κ2) is 5.60. The summed E-state index contributed by atoms with van der Waals surface area (Å²) in [4.78, 5) is 16.7. The van der Waals surface area contributed by atoms with Gasteiger partial charge < -0.3 is 5.11 Å². The highest BCUT2D eigenvalue weighted by atomic mass is 16.4. The summed E-state index contributed by atoms with van der Waals surface area (Å²) in [6.45, 7) is 5.02. The van der Waals surface area contributed by atoms with Gasteiger partial charge in [-0.15, -0.1) is 0 Å². The monoisotopic (exact) mass is 226 g/mol. The Balaban J connectivity index is 2.65. The van der Waals surface area contributed by atoms with Gasteiger partial charge in [-0.25, -0.2) is 9.67 Å². The average molecular weight is 226 g/mol. The van der Waals surface area contributed by atoms with E-state index < -0.39 is 12.0 Å². The minimum Gasteiger partial charge on any atom is -0.480 e. The summed E-state index contributed by atoms with van der Waals surface area (Å²) >= 11 is 0. The zero-order valence-electron chi connectivity index (χ0n) is 9.92. The van der Waals surface area contributed by atoms with Crippen molar-refractivity contribution in [3.05, 3.63) is 12.2 Å². The van der Waals surface area contributed by atoms with Crippen LogP contribution in [-0.2, 0) is 17.9 Å². The third-order valence-corrected chi connectivity index (χ3v) is 2.54. The highest BCUT2D eigenvalue weighted by Gasteiger charge is 2.18. The van der Waals surface area contributed by atoms with Crippen LogP contribution in [0.25, 0.3) is 0 Å². The molecule has 0 spiro atoms. The molecule has 1 heterocycles. The predicted octanol–water partition coefficient (Wildman–Crippen LogP) is 0.593. The maximum atomic E-state index is 10.8. The number of carbonyl (C=O) groups is 1. The van der Waals surface area contributed by atoms with Crippen LogP contribution < -0.4 is 0 Å². The van der Waals surface area contributed by atoms with E-state index in [9.17, 15) is 4.79 Å². The van der Waals surface area contributed by atoms with Gasteiger partial charge in [0, 0.05) is 6.54 Å². The van der Waals surface area contributed by atoms with E-state index in [1.807, 2.05) is 4.68 Å². The van der Waals surface area contributed by atoms with Gasteiger partial charge >= 0.3 is 5.97 Å². The Hall–Kier alpha value is -1.43. The van der Waals surface area contributed by atoms with E-state index in [4.69, 9.17) is 5.11 Å². The second-order valence-electron chi connectivity index (χ2n) is 3.83. The molecular formula is C10H18N4O2. The molecule has 1 N–H and O–H groups in total. The van der Waals surface area contributed by atoms with Gasteiger partial charge in [0.25, 0.3) is 0 Å². The lowest BCUT2D eigenvalue weighted by Gasteiger charge is -2.20. The van der Waals surface area contributed by atoms with Gasteiger partial charge in [-0.1, -0.05) is 6.92 Å². The van der Waals surface area contributed by atoms with Crippen LogP contribution in [0.4, 0.5) is 0 Å². The van der Waals surface area contributed by atoms with E-state index in [1.165, 1.54) is 6.33 Å². The van der Waals surface area contributed by atoms with Gasteiger partial charge in [0.1, 0.15) is 18.2 Å². The first-order valence-electron chi connectivity index (χ1n) is 5.36. The van der Waals surface area contributed by atoms with Gasteiger partial charge in [0.05, 0.1) is 6.54 Å². The van der Waals surface area contributed by atoms with Crippen molar-refractivity contribution in [2.75, 3.05) is 7.05 Å². The van der Waals surface area contributed by atoms with Gasteiger partial charge in [-0.3, -0.25) is 9.69 Å². The van der Waals surface area contributed by atoms with Crippen LogP contribution in [0.5, 0.6) is 0 Å². The van der Waals surface area contributed by atoms with Crippen LogP contribution in [0.15, 0.2) is 6.33 Å².